The van der Waals surface area contributed by atoms with Crippen molar-refractivity contribution in [2.75, 3.05) is 55.7 Å². The van der Waals surface area contributed by atoms with E-state index in [0.717, 1.165) is 65.3 Å². The molecule has 0 saturated heterocycles. The second-order valence-electron chi connectivity index (χ2n) is 14.3. The number of methoxy groups -OCH3 is 6. The van der Waals surface area contributed by atoms with Crippen molar-refractivity contribution in [2.45, 2.75) is 64.5 Å². The highest BCUT2D eigenvalue weighted by Gasteiger charge is 2.34. The number of nitrogens with zero attached hydrogens (tertiary/aromatic N) is 2. The number of esters is 2. The summed E-state index contributed by atoms with van der Waals surface area (Å²) in [5, 5.41) is 17.2. The fraction of sp³-hybridized carbons (Fsp3) is 0.391. The van der Waals surface area contributed by atoms with Crippen molar-refractivity contribution in [3.8, 4) is 34.1 Å². The maximum Gasteiger partial charge on any atom is 0.488 e. The lowest BCUT2D eigenvalue weighted by Crippen LogP contribution is -2.29. The van der Waals surface area contributed by atoms with Crippen molar-refractivity contribution in [3.63, 3.8) is 0 Å². The Labute approximate surface area is 372 Å². The van der Waals surface area contributed by atoms with Crippen LogP contribution in [0.3, 0.4) is 0 Å². The zero-order valence-electron chi connectivity index (χ0n) is 36.2. The highest BCUT2D eigenvalue weighted by Crippen LogP contribution is 2.46. The summed E-state index contributed by atoms with van der Waals surface area (Å²) in [6.07, 6.45) is 5.80. The summed E-state index contributed by atoms with van der Waals surface area (Å²) in [6, 6.07) is 22.1. The molecular formula is C46H56BBrN2O12. The Kier molecular flexibility index (Phi) is 19.6. The summed E-state index contributed by atoms with van der Waals surface area (Å²) < 4.78 is 31.9. The van der Waals surface area contributed by atoms with Gasteiger partial charge in [0.05, 0.1) is 47.1 Å². The van der Waals surface area contributed by atoms with Gasteiger partial charge in [-0.3, -0.25) is 19.2 Å². The number of ether oxygens (including phenoxy) is 6. The molecule has 0 bridgehead atoms. The molecule has 4 aromatic carbocycles. The first kappa shape index (κ1) is 49.1. The molecule has 0 unspecified atom stereocenters. The van der Waals surface area contributed by atoms with Crippen LogP contribution in [0.25, 0.3) is 11.1 Å². The molecule has 0 atom stereocenters. The summed E-state index contributed by atoms with van der Waals surface area (Å²) >= 11 is 3.52. The highest BCUT2D eigenvalue weighted by molar-refractivity contribution is 9.10. The van der Waals surface area contributed by atoms with Crippen molar-refractivity contribution < 1.29 is 57.6 Å². The van der Waals surface area contributed by atoms with Gasteiger partial charge in [0, 0.05) is 61.3 Å². The van der Waals surface area contributed by atoms with Gasteiger partial charge in [-0.05, 0) is 70.3 Å². The van der Waals surface area contributed by atoms with E-state index in [9.17, 15) is 19.2 Å². The second kappa shape index (κ2) is 24.8. The molecule has 0 spiro atoms. The maximum atomic E-state index is 13.0. The Hall–Kier alpha value is -5.58. The van der Waals surface area contributed by atoms with Crippen LogP contribution in [0.4, 0.5) is 0 Å². The van der Waals surface area contributed by atoms with Crippen LogP contribution in [-0.4, -0.2) is 106 Å². The third-order valence-corrected chi connectivity index (χ3v) is 11.3. The molecule has 2 aliphatic rings. The standard InChI is InChI=1S/C23H27NO5.C17H22BrNO5.C6H7BO2/c1-27-19-14-17-18(21(22(19)29-3)16-10-6-4-7-11-16)15-24(23(17)26)13-9-5-8-12-20(25)28-2;1-22-13-9-11-12(15(18)16(13)24-3)10-19(17(11)21)8-6-4-5-7-14(20)23-2;8-7(9)6-4-2-1-3-5-6/h4,6-7,10-11,14H,5,8-9,12-13,15H2,1-3H3;9H,4-8,10H2,1-3H3;1-5,8-9H. The van der Waals surface area contributed by atoms with Crippen LogP contribution in [0, 0.1) is 0 Å². The van der Waals surface area contributed by atoms with E-state index in [2.05, 4.69) is 25.4 Å². The monoisotopic (exact) mass is 918 g/mol. The molecule has 332 valence electrons. The van der Waals surface area contributed by atoms with Crippen molar-refractivity contribution >= 4 is 52.3 Å². The first-order chi connectivity index (χ1) is 29.9. The average molecular weight is 920 g/mol. The molecule has 62 heavy (non-hydrogen) atoms. The lowest BCUT2D eigenvalue weighted by molar-refractivity contribution is -0.141. The van der Waals surface area contributed by atoms with Gasteiger partial charge in [-0.15, -0.1) is 0 Å². The molecule has 0 saturated carbocycles. The SMILES string of the molecule is COC(=O)CCCCCN1Cc2c(cc(OC)c(OC)c2-c2ccccc2)C1=O.COC(=O)CCCCCN1Cc2c(cc(OC)c(OC)c2Br)C1=O.OB(O)c1ccccc1. The molecule has 0 aromatic heterocycles. The van der Waals surface area contributed by atoms with Gasteiger partial charge < -0.3 is 48.3 Å². The topological polar surface area (TPSA) is 171 Å². The van der Waals surface area contributed by atoms with Crippen molar-refractivity contribution in [2.24, 2.45) is 0 Å². The lowest BCUT2D eigenvalue weighted by atomic mass is 9.81. The summed E-state index contributed by atoms with van der Waals surface area (Å²) in [6.45, 7) is 2.39. The molecule has 0 fully saturated rings. The minimum Gasteiger partial charge on any atom is -0.493 e. The van der Waals surface area contributed by atoms with Crippen molar-refractivity contribution in [1.29, 1.82) is 0 Å². The molecule has 4 aromatic rings. The van der Waals surface area contributed by atoms with E-state index in [1.807, 2.05) is 46.2 Å². The Morgan fingerprint density at radius 2 is 1.06 bits per heavy atom. The lowest BCUT2D eigenvalue weighted by Gasteiger charge is -2.17. The van der Waals surface area contributed by atoms with E-state index in [1.54, 1.807) is 64.8 Å². The number of unbranched alkanes of at least 4 members (excludes halogenated alkanes) is 4. The minimum atomic E-state index is -1.34. The quantitative estimate of drug-likeness (QED) is 0.0626. The van der Waals surface area contributed by atoms with E-state index >= 15 is 0 Å². The van der Waals surface area contributed by atoms with Gasteiger partial charge >= 0.3 is 19.1 Å². The first-order valence-electron chi connectivity index (χ1n) is 20.3. The third-order valence-electron chi connectivity index (χ3n) is 10.5. The third kappa shape index (κ3) is 12.7. The zero-order chi connectivity index (χ0) is 45.2. The van der Waals surface area contributed by atoms with Crippen molar-refractivity contribution in [3.05, 3.63) is 99.5 Å². The average Bonchev–Trinajstić information content (AvgIpc) is 3.79. The summed E-state index contributed by atoms with van der Waals surface area (Å²) in [4.78, 5) is 51.5. The van der Waals surface area contributed by atoms with Crippen LogP contribution in [-0.2, 0) is 32.2 Å². The van der Waals surface area contributed by atoms with Gasteiger partial charge in [-0.1, -0.05) is 73.5 Å². The van der Waals surface area contributed by atoms with Gasteiger partial charge in [-0.2, -0.15) is 0 Å². The summed E-state index contributed by atoms with van der Waals surface area (Å²) in [5.41, 5.74) is 5.62. The maximum absolute atomic E-state index is 13.0. The molecule has 14 nitrogen and oxygen atoms in total. The Morgan fingerprint density at radius 1 is 0.613 bits per heavy atom. The molecule has 2 N–H and O–H groups in total. The van der Waals surface area contributed by atoms with E-state index < -0.39 is 7.12 Å². The number of carbonyl (C=O) groups is 4. The number of amides is 2. The zero-order valence-corrected chi connectivity index (χ0v) is 37.8. The molecule has 0 aliphatic carbocycles. The fourth-order valence-corrected chi connectivity index (χ4v) is 7.88. The Balaban J connectivity index is 0.000000230. The molecule has 0 radical (unpaired) electrons. The Bertz CT molecular complexity index is 2120. The summed E-state index contributed by atoms with van der Waals surface area (Å²) in [5.74, 6) is 1.96. The van der Waals surface area contributed by atoms with Crippen LogP contribution in [0.15, 0.2) is 77.3 Å². The van der Waals surface area contributed by atoms with E-state index in [0.29, 0.717) is 78.6 Å². The predicted octanol–water partition coefficient (Wildman–Crippen LogP) is 6.58. The first-order valence-corrected chi connectivity index (χ1v) is 21.1. The minimum absolute atomic E-state index is 0.000351. The van der Waals surface area contributed by atoms with E-state index in [-0.39, 0.29) is 23.8 Å². The van der Waals surface area contributed by atoms with Gasteiger partial charge in [0.2, 0.25) is 0 Å². The number of carbonyl (C=O) groups excluding carboxylic acids is 4. The summed E-state index contributed by atoms with van der Waals surface area (Å²) in [7, 11) is 7.77. The van der Waals surface area contributed by atoms with Crippen LogP contribution < -0.4 is 24.4 Å². The van der Waals surface area contributed by atoms with Crippen LogP contribution in [0.5, 0.6) is 23.0 Å². The number of halogens is 1. The van der Waals surface area contributed by atoms with Crippen LogP contribution in [0.2, 0.25) is 0 Å². The molecule has 16 heteroatoms. The second-order valence-corrected chi connectivity index (χ2v) is 15.1. The number of hydrogen-bond donors (Lipinski definition) is 2. The van der Waals surface area contributed by atoms with Gasteiger partial charge in [0.1, 0.15) is 0 Å². The molecule has 2 aliphatic heterocycles. The number of rotatable bonds is 18. The van der Waals surface area contributed by atoms with Crippen LogP contribution >= 0.6 is 15.9 Å². The van der Waals surface area contributed by atoms with Crippen LogP contribution in [0.1, 0.15) is 83.2 Å². The Morgan fingerprint density at radius 3 is 1.50 bits per heavy atom. The van der Waals surface area contributed by atoms with Gasteiger partial charge in [-0.25, -0.2) is 0 Å². The number of fused-ring (bicyclic) bond motifs is 2. The van der Waals surface area contributed by atoms with Crippen molar-refractivity contribution in [1.82, 2.24) is 9.80 Å². The molecular weight excluding hydrogens is 863 g/mol. The fourth-order valence-electron chi connectivity index (χ4n) is 7.19. The van der Waals surface area contributed by atoms with E-state index in [1.165, 1.54) is 14.2 Å². The van der Waals surface area contributed by atoms with E-state index in [4.69, 9.17) is 29.0 Å². The smallest absolute Gasteiger partial charge is 0.488 e. The van der Waals surface area contributed by atoms with Gasteiger partial charge in [0.15, 0.2) is 23.0 Å². The highest BCUT2D eigenvalue weighted by atomic mass is 79.9. The number of hydrogen-bond acceptors (Lipinski definition) is 12. The molecule has 2 amide bonds. The largest absolute Gasteiger partial charge is 0.493 e. The van der Waals surface area contributed by atoms with Gasteiger partial charge in [0.25, 0.3) is 11.8 Å². The molecule has 6 rings (SSSR count). The predicted molar refractivity (Wildman–Crippen MR) is 239 cm³/mol. The normalized spacial score (nSPS) is 12.3. The number of benzene rings is 4. The molecule has 2 heterocycles.